The molecule has 0 aliphatic carbocycles. The molecule has 0 saturated heterocycles. The average Bonchev–Trinajstić information content (AvgIpc) is 2.49. The number of carbonyl (C=O) groups is 1. The molecule has 0 spiro atoms. The first-order chi connectivity index (χ1) is 10.0. The minimum absolute atomic E-state index is 0.0571. The van der Waals surface area contributed by atoms with Crippen molar-refractivity contribution in [2.24, 2.45) is 10.9 Å². The maximum atomic E-state index is 12.5. The fraction of sp³-hybridized carbons (Fsp3) is 0.500. The zero-order valence-corrected chi connectivity index (χ0v) is 13.0. The molecule has 21 heavy (non-hydrogen) atoms. The van der Waals surface area contributed by atoms with Gasteiger partial charge in [0.2, 0.25) is 11.8 Å². The second kappa shape index (κ2) is 6.61. The molecule has 0 aromatic heterocycles. The summed E-state index contributed by atoms with van der Waals surface area (Å²) < 4.78 is 10.4. The van der Waals surface area contributed by atoms with Crippen LogP contribution in [0.5, 0.6) is 5.75 Å². The van der Waals surface area contributed by atoms with Crippen LogP contribution >= 0.6 is 0 Å². The van der Waals surface area contributed by atoms with Crippen LogP contribution in [0.3, 0.4) is 0 Å². The summed E-state index contributed by atoms with van der Waals surface area (Å²) in [4.78, 5) is 18.7. The Balaban J connectivity index is 2.14. The predicted octanol–water partition coefficient (Wildman–Crippen LogP) is 2.11. The van der Waals surface area contributed by atoms with Gasteiger partial charge >= 0.3 is 0 Å². The number of nitrogens with zero attached hydrogens (tertiary/aromatic N) is 2. The largest absolute Gasteiger partial charge is 0.497 e. The molecule has 1 aliphatic rings. The van der Waals surface area contributed by atoms with Crippen LogP contribution in [0, 0.1) is 5.92 Å². The van der Waals surface area contributed by atoms with Crippen molar-refractivity contribution >= 4 is 11.8 Å². The van der Waals surface area contributed by atoms with Gasteiger partial charge in [-0.1, -0.05) is 26.0 Å². The van der Waals surface area contributed by atoms with Crippen LogP contribution < -0.4 is 4.74 Å². The van der Waals surface area contributed by atoms with E-state index >= 15 is 0 Å². The van der Waals surface area contributed by atoms with Crippen molar-refractivity contribution in [3.8, 4) is 5.75 Å². The Bertz CT molecular complexity index is 523. The first-order valence-electron chi connectivity index (χ1n) is 7.07. The second-order valence-corrected chi connectivity index (χ2v) is 5.46. The third kappa shape index (κ3) is 3.54. The highest BCUT2D eigenvalue weighted by Gasteiger charge is 2.32. The molecule has 5 heteroatoms. The Labute approximate surface area is 125 Å². The van der Waals surface area contributed by atoms with Gasteiger partial charge in [-0.05, 0) is 23.6 Å². The van der Waals surface area contributed by atoms with E-state index in [0.29, 0.717) is 19.0 Å². The Morgan fingerprint density at radius 1 is 1.24 bits per heavy atom. The Kier molecular flexibility index (Phi) is 4.83. The van der Waals surface area contributed by atoms with E-state index in [1.807, 2.05) is 38.1 Å². The summed E-state index contributed by atoms with van der Waals surface area (Å²) in [5, 5.41) is 0. The fourth-order valence-corrected chi connectivity index (χ4v) is 2.32. The molecule has 1 aromatic rings. The lowest BCUT2D eigenvalue weighted by Gasteiger charge is -2.32. The molecule has 2 rings (SSSR count). The smallest absolute Gasteiger partial charge is 0.248 e. The van der Waals surface area contributed by atoms with Gasteiger partial charge in [0.15, 0.2) is 0 Å². The summed E-state index contributed by atoms with van der Waals surface area (Å²) in [6.07, 6.45) is 0. The van der Waals surface area contributed by atoms with E-state index in [2.05, 4.69) is 4.99 Å². The summed E-state index contributed by atoms with van der Waals surface area (Å²) in [7, 11) is 3.23. The molecule has 0 fully saturated rings. The van der Waals surface area contributed by atoms with E-state index < -0.39 is 0 Å². The molecule has 1 amide bonds. The van der Waals surface area contributed by atoms with Crippen molar-refractivity contribution in [3.63, 3.8) is 0 Å². The van der Waals surface area contributed by atoms with Crippen molar-refractivity contribution in [3.05, 3.63) is 29.8 Å². The summed E-state index contributed by atoms with van der Waals surface area (Å²) in [6, 6.07) is 7.37. The molecule has 0 unspecified atom stereocenters. The molecule has 114 valence electrons. The first-order valence-corrected chi connectivity index (χ1v) is 7.07. The van der Waals surface area contributed by atoms with Crippen LogP contribution in [0.15, 0.2) is 29.3 Å². The average molecular weight is 290 g/mol. The number of benzene rings is 1. The van der Waals surface area contributed by atoms with Gasteiger partial charge in [0.1, 0.15) is 11.8 Å². The zero-order chi connectivity index (χ0) is 15.4. The van der Waals surface area contributed by atoms with Crippen molar-refractivity contribution in [1.29, 1.82) is 0 Å². The van der Waals surface area contributed by atoms with E-state index in [1.165, 1.54) is 0 Å². The third-order valence-electron chi connectivity index (χ3n) is 3.57. The van der Waals surface area contributed by atoms with Crippen molar-refractivity contribution in [1.82, 2.24) is 4.90 Å². The minimum Gasteiger partial charge on any atom is -0.497 e. The molecule has 0 saturated carbocycles. The lowest BCUT2D eigenvalue weighted by Crippen LogP contribution is -2.47. The van der Waals surface area contributed by atoms with Gasteiger partial charge in [-0.25, -0.2) is 4.99 Å². The highest BCUT2D eigenvalue weighted by Crippen LogP contribution is 2.19. The highest BCUT2D eigenvalue weighted by atomic mass is 16.5. The maximum absolute atomic E-state index is 12.5. The third-order valence-corrected chi connectivity index (χ3v) is 3.57. The molecule has 1 aromatic carbocycles. The van der Waals surface area contributed by atoms with Gasteiger partial charge in [-0.3, -0.25) is 4.79 Å². The quantitative estimate of drug-likeness (QED) is 0.853. The number of hydrogen-bond acceptors (Lipinski definition) is 4. The molecule has 1 heterocycles. The van der Waals surface area contributed by atoms with Crippen molar-refractivity contribution in [2.75, 3.05) is 20.8 Å². The van der Waals surface area contributed by atoms with Crippen LogP contribution in [-0.4, -0.2) is 43.5 Å². The van der Waals surface area contributed by atoms with Gasteiger partial charge in [0.05, 0.1) is 20.8 Å². The molecule has 0 bridgehead atoms. The maximum Gasteiger partial charge on any atom is 0.248 e. The van der Waals surface area contributed by atoms with Gasteiger partial charge in [-0.2, -0.15) is 0 Å². The Morgan fingerprint density at radius 3 is 2.43 bits per heavy atom. The minimum atomic E-state index is -0.355. The van der Waals surface area contributed by atoms with E-state index in [-0.39, 0.29) is 17.9 Å². The standard InChI is InChI=1S/C16H22N2O3/c1-11(2)15-16(19)18(10-14(17-15)21-4)9-12-5-7-13(20-3)8-6-12/h5-8,11,15H,9-10H2,1-4H3/t15-/m0/s1. The lowest BCUT2D eigenvalue weighted by atomic mass is 10.0. The topological polar surface area (TPSA) is 51.1 Å². The van der Waals surface area contributed by atoms with Crippen LogP contribution in [0.4, 0.5) is 0 Å². The van der Waals surface area contributed by atoms with Crippen LogP contribution in [0.1, 0.15) is 19.4 Å². The van der Waals surface area contributed by atoms with E-state index in [1.54, 1.807) is 19.1 Å². The molecule has 0 N–H and O–H groups in total. The van der Waals surface area contributed by atoms with Gasteiger partial charge in [0.25, 0.3) is 0 Å². The zero-order valence-electron chi connectivity index (χ0n) is 13.0. The molecule has 1 atom stereocenters. The van der Waals surface area contributed by atoms with E-state index in [0.717, 1.165) is 11.3 Å². The molecular formula is C16H22N2O3. The highest BCUT2D eigenvalue weighted by molar-refractivity contribution is 5.93. The molecule has 1 aliphatic heterocycles. The molecular weight excluding hydrogens is 268 g/mol. The fourth-order valence-electron chi connectivity index (χ4n) is 2.32. The van der Waals surface area contributed by atoms with Crippen molar-refractivity contribution in [2.45, 2.75) is 26.4 Å². The monoisotopic (exact) mass is 290 g/mol. The first kappa shape index (κ1) is 15.4. The number of aliphatic imine (C=N–C) groups is 1. The summed E-state index contributed by atoms with van der Waals surface area (Å²) in [5.74, 6) is 1.63. The Hall–Kier alpha value is -2.04. The van der Waals surface area contributed by atoms with Crippen LogP contribution in [0.25, 0.3) is 0 Å². The Morgan fingerprint density at radius 2 is 1.90 bits per heavy atom. The number of methoxy groups -OCH3 is 2. The van der Waals surface area contributed by atoms with E-state index in [9.17, 15) is 4.79 Å². The lowest BCUT2D eigenvalue weighted by molar-refractivity contribution is -0.134. The van der Waals surface area contributed by atoms with Crippen LogP contribution in [0.2, 0.25) is 0 Å². The van der Waals surface area contributed by atoms with Gasteiger partial charge in [0, 0.05) is 6.54 Å². The molecule has 5 nitrogen and oxygen atoms in total. The number of rotatable bonds is 4. The van der Waals surface area contributed by atoms with Gasteiger partial charge < -0.3 is 14.4 Å². The summed E-state index contributed by atoms with van der Waals surface area (Å²) in [6.45, 7) is 4.96. The number of ether oxygens (including phenoxy) is 2. The SMILES string of the molecule is COC1=N[C@@H](C(C)C)C(=O)N(Cc2ccc(OC)cc2)C1. The predicted molar refractivity (Wildman–Crippen MR) is 81.5 cm³/mol. The molecule has 0 radical (unpaired) electrons. The summed E-state index contributed by atoms with van der Waals surface area (Å²) >= 11 is 0. The van der Waals surface area contributed by atoms with Crippen LogP contribution in [-0.2, 0) is 16.1 Å². The number of carbonyl (C=O) groups excluding carboxylic acids is 1. The number of hydrogen-bond donors (Lipinski definition) is 0. The number of amides is 1. The summed E-state index contributed by atoms with van der Waals surface area (Å²) in [5.41, 5.74) is 1.06. The normalized spacial score (nSPS) is 18.7. The van der Waals surface area contributed by atoms with Crippen molar-refractivity contribution < 1.29 is 14.3 Å². The van der Waals surface area contributed by atoms with E-state index in [4.69, 9.17) is 9.47 Å². The second-order valence-electron chi connectivity index (χ2n) is 5.46. The van der Waals surface area contributed by atoms with Gasteiger partial charge in [-0.15, -0.1) is 0 Å².